The Labute approximate surface area is 108 Å². The summed E-state index contributed by atoms with van der Waals surface area (Å²) in [7, 11) is 0. The Kier molecular flexibility index (Phi) is 1.57. The van der Waals surface area contributed by atoms with Gasteiger partial charge in [0.1, 0.15) is 0 Å². The molecule has 0 aliphatic heterocycles. The molecule has 86 valence electrons. The predicted molar refractivity (Wildman–Crippen MR) is 72.5 cm³/mol. The van der Waals surface area contributed by atoms with Gasteiger partial charge in [0, 0.05) is 15.4 Å². The maximum absolute atomic E-state index is 7.95. The van der Waals surface area contributed by atoms with Gasteiger partial charge < -0.3 is 0 Å². The molecule has 0 unspecified atom stereocenters. The molecule has 1 aliphatic carbocycles. The SMILES string of the molecule is [2H]C([2H])([2H])C1c2ccccc2C(C)(C)c2ccccc21. The largest absolute Gasteiger partial charge is 0.0620 e. The summed E-state index contributed by atoms with van der Waals surface area (Å²) in [5.41, 5.74) is 3.97. The summed E-state index contributed by atoms with van der Waals surface area (Å²) < 4.78 is 23.9. The molecule has 0 atom stereocenters. The molecule has 0 fully saturated rings. The number of fused-ring (bicyclic) bond motifs is 2. The van der Waals surface area contributed by atoms with Crippen molar-refractivity contribution in [2.45, 2.75) is 32.0 Å². The third kappa shape index (κ3) is 1.37. The Balaban J connectivity index is 2.36. The van der Waals surface area contributed by atoms with E-state index in [0.29, 0.717) is 0 Å². The first kappa shape index (κ1) is 7.71. The molecule has 2 aromatic carbocycles. The fourth-order valence-corrected chi connectivity index (χ4v) is 2.95. The van der Waals surface area contributed by atoms with Gasteiger partial charge in [0.2, 0.25) is 0 Å². The van der Waals surface area contributed by atoms with Crippen LogP contribution in [0.25, 0.3) is 0 Å². The highest BCUT2D eigenvalue weighted by Gasteiger charge is 2.34. The topological polar surface area (TPSA) is 0 Å². The number of rotatable bonds is 0. The van der Waals surface area contributed by atoms with Crippen LogP contribution in [0.15, 0.2) is 48.5 Å². The third-order valence-electron chi connectivity index (χ3n) is 3.89. The van der Waals surface area contributed by atoms with Crippen molar-refractivity contribution < 1.29 is 4.11 Å². The molecule has 0 aromatic heterocycles. The van der Waals surface area contributed by atoms with Gasteiger partial charge in [-0.3, -0.25) is 0 Å². The van der Waals surface area contributed by atoms with E-state index in [-0.39, 0.29) is 5.41 Å². The molecule has 0 heterocycles. The Bertz CT molecular complexity index is 604. The summed E-state index contributed by atoms with van der Waals surface area (Å²) in [6.45, 7) is 2.31. The van der Waals surface area contributed by atoms with Crippen molar-refractivity contribution in [2.75, 3.05) is 0 Å². The van der Waals surface area contributed by atoms with Crippen molar-refractivity contribution in [1.82, 2.24) is 0 Å². The predicted octanol–water partition coefficient (Wildman–Crippen LogP) is 4.48. The molecule has 0 bridgehead atoms. The van der Waals surface area contributed by atoms with Crippen molar-refractivity contribution in [2.24, 2.45) is 0 Å². The first-order valence-corrected chi connectivity index (χ1v) is 6.02. The fourth-order valence-electron chi connectivity index (χ4n) is 2.95. The maximum atomic E-state index is 7.95. The Morgan fingerprint density at radius 1 is 0.882 bits per heavy atom. The first-order valence-electron chi connectivity index (χ1n) is 7.52. The first-order chi connectivity index (χ1) is 9.33. The average Bonchev–Trinajstić information content (AvgIpc) is 2.38. The molecule has 0 heteroatoms. The summed E-state index contributed by atoms with van der Waals surface area (Å²) in [4.78, 5) is 0. The van der Waals surface area contributed by atoms with Crippen LogP contribution in [0, 0.1) is 0 Å². The van der Waals surface area contributed by atoms with Crippen molar-refractivity contribution in [3.8, 4) is 0 Å². The minimum atomic E-state index is -2.03. The van der Waals surface area contributed by atoms with Crippen molar-refractivity contribution in [3.05, 3.63) is 70.8 Å². The molecule has 0 saturated heterocycles. The third-order valence-corrected chi connectivity index (χ3v) is 3.89. The minimum Gasteiger partial charge on any atom is -0.0620 e. The van der Waals surface area contributed by atoms with E-state index in [9.17, 15) is 0 Å². The van der Waals surface area contributed by atoms with E-state index in [4.69, 9.17) is 4.11 Å². The van der Waals surface area contributed by atoms with E-state index >= 15 is 0 Å². The lowest BCUT2D eigenvalue weighted by Gasteiger charge is -2.38. The lowest BCUT2D eigenvalue weighted by Crippen LogP contribution is -2.28. The summed E-state index contributed by atoms with van der Waals surface area (Å²) in [6.07, 6.45) is 0. The second-order valence-electron chi connectivity index (χ2n) is 5.23. The molecular weight excluding hydrogens is 204 g/mol. The Morgan fingerprint density at radius 2 is 1.35 bits per heavy atom. The van der Waals surface area contributed by atoms with Gasteiger partial charge in [0.25, 0.3) is 0 Å². The van der Waals surface area contributed by atoms with Crippen LogP contribution in [0.1, 0.15) is 53.0 Å². The standard InChI is InChI=1S/C17H18/c1-12-13-8-4-6-10-15(13)17(2,3)16-11-7-5-9-14(12)16/h4-12H,1-3H3/i1D3. The second-order valence-corrected chi connectivity index (χ2v) is 5.23. The molecule has 1 aliphatic rings. The molecule has 0 nitrogen and oxygen atoms in total. The van der Waals surface area contributed by atoms with Gasteiger partial charge in [-0.1, -0.05) is 69.2 Å². The van der Waals surface area contributed by atoms with E-state index in [2.05, 4.69) is 26.0 Å². The van der Waals surface area contributed by atoms with E-state index < -0.39 is 12.8 Å². The summed E-state index contributed by atoms with van der Waals surface area (Å²) >= 11 is 0. The van der Waals surface area contributed by atoms with Crippen molar-refractivity contribution in [1.29, 1.82) is 0 Å². The van der Waals surface area contributed by atoms with Gasteiger partial charge in [-0.25, -0.2) is 0 Å². The lowest BCUT2D eigenvalue weighted by molar-refractivity contribution is 0.591. The van der Waals surface area contributed by atoms with Crippen LogP contribution < -0.4 is 0 Å². The molecule has 0 N–H and O–H groups in total. The highest BCUT2D eigenvalue weighted by molar-refractivity contribution is 5.55. The normalized spacial score (nSPS) is 20.7. The smallest absolute Gasteiger partial charge is 0.0240 e. The van der Waals surface area contributed by atoms with Gasteiger partial charge >= 0.3 is 0 Å². The maximum Gasteiger partial charge on any atom is 0.0240 e. The van der Waals surface area contributed by atoms with E-state index in [1.165, 1.54) is 0 Å². The van der Waals surface area contributed by atoms with E-state index in [0.717, 1.165) is 22.3 Å². The van der Waals surface area contributed by atoms with Crippen LogP contribution in [-0.2, 0) is 5.41 Å². The van der Waals surface area contributed by atoms with Crippen molar-refractivity contribution in [3.63, 3.8) is 0 Å². The van der Waals surface area contributed by atoms with Crippen LogP contribution >= 0.6 is 0 Å². The quantitative estimate of drug-likeness (QED) is 0.620. The van der Waals surface area contributed by atoms with Gasteiger partial charge in [-0.2, -0.15) is 0 Å². The molecule has 0 spiro atoms. The van der Waals surface area contributed by atoms with Crippen LogP contribution in [0.3, 0.4) is 0 Å². The van der Waals surface area contributed by atoms with Gasteiger partial charge in [0.15, 0.2) is 0 Å². The molecule has 0 amide bonds. The molecule has 2 aromatic rings. The minimum absolute atomic E-state index is 0.158. The average molecular weight is 225 g/mol. The van der Waals surface area contributed by atoms with Gasteiger partial charge in [-0.15, -0.1) is 0 Å². The molecule has 0 saturated carbocycles. The zero-order valence-electron chi connectivity index (χ0n) is 13.2. The van der Waals surface area contributed by atoms with Crippen molar-refractivity contribution >= 4 is 0 Å². The van der Waals surface area contributed by atoms with Crippen LogP contribution in [0.5, 0.6) is 0 Å². The van der Waals surface area contributed by atoms with Gasteiger partial charge in [0.05, 0.1) is 0 Å². The number of hydrogen-bond donors (Lipinski definition) is 0. The molecular formula is C17H18. The van der Waals surface area contributed by atoms with Crippen LogP contribution in [0.2, 0.25) is 0 Å². The molecule has 3 rings (SSSR count). The van der Waals surface area contributed by atoms with E-state index in [1.54, 1.807) is 0 Å². The molecule has 17 heavy (non-hydrogen) atoms. The van der Waals surface area contributed by atoms with Crippen LogP contribution in [-0.4, -0.2) is 0 Å². The molecule has 0 radical (unpaired) electrons. The summed E-state index contributed by atoms with van der Waals surface area (Å²) in [6, 6.07) is 15.9. The number of benzene rings is 2. The highest BCUT2D eigenvalue weighted by atomic mass is 14.4. The zero-order chi connectivity index (χ0) is 14.5. The zero-order valence-corrected chi connectivity index (χ0v) is 10.2. The van der Waals surface area contributed by atoms with Crippen LogP contribution in [0.4, 0.5) is 0 Å². The monoisotopic (exact) mass is 225 g/mol. The summed E-state index contributed by atoms with van der Waals surface area (Å²) in [5.74, 6) is -0.525. The van der Waals surface area contributed by atoms with Gasteiger partial charge in [-0.05, 0) is 22.3 Å². The highest BCUT2D eigenvalue weighted by Crippen LogP contribution is 2.46. The Morgan fingerprint density at radius 3 is 1.82 bits per heavy atom. The van der Waals surface area contributed by atoms with E-state index in [1.807, 2.05) is 36.4 Å². The second kappa shape index (κ2) is 3.46. The summed E-state index contributed by atoms with van der Waals surface area (Å²) in [5, 5.41) is 0. The fraction of sp³-hybridized carbons (Fsp3) is 0.294. The Hall–Kier alpha value is -1.56. The lowest BCUT2D eigenvalue weighted by atomic mass is 9.66. The number of hydrogen-bond acceptors (Lipinski definition) is 0.